The van der Waals surface area contributed by atoms with E-state index in [2.05, 4.69) is 0 Å². The van der Waals surface area contributed by atoms with Crippen LogP contribution in [0.5, 0.6) is 0 Å². The first kappa shape index (κ1) is 18.3. The van der Waals surface area contributed by atoms with E-state index in [4.69, 9.17) is 26.8 Å². The van der Waals surface area contributed by atoms with E-state index in [-0.39, 0.29) is 41.0 Å². The van der Waals surface area contributed by atoms with Crippen molar-refractivity contribution >= 4 is 23.3 Å². The van der Waals surface area contributed by atoms with Gasteiger partial charge in [0, 0.05) is 12.1 Å². The minimum atomic E-state index is -0.882. The number of alkyl halides is 1. The SMILES string of the molecule is CCOC(=O)C1=C(CCl)OC(N)=C(C#N)[C@@H]1c1ccc([N+](=O)[O-])cc1. The molecule has 1 aliphatic rings. The Balaban J connectivity index is 2.62. The van der Waals surface area contributed by atoms with Gasteiger partial charge in [-0.2, -0.15) is 5.26 Å². The zero-order valence-electron chi connectivity index (χ0n) is 13.2. The zero-order valence-corrected chi connectivity index (χ0v) is 13.9. The van der Waals surface area contributed by atoms with Crippen LogP contribution < -0.4 is 5.73 Å². The summed E-state index contributed by atoms with van der Waals surface area (Å²) < 4.78 is 10.3. The third kappa shape index (κ3) is 3.56. The predicted octanol–water partition coefficient (Wildman–Crippen LogP) is 2.46. The van der Waals surface area contributed by atoms with E-state index in [1.165, 1.54) is 24.3 Å². The Morgan fingerprint density at radius 1 is 1.48 bits per heavy atom. The molecule has 0 fully saturated rings. The van der Waals surface area contributed by atoms with Crippen LogP contribution in [0.1, 0.15) is 18.4 Å². The monoisotopic (exact) mass is 363 g/mol. The summed E-state index contributed by atoms with van der Waals surface area (Å²) in [6, 6.07) is 7.37. The normalized spacial score (nSPS) is 16.9. The standard InChI is InChI=1S/C16H14ClN3O5/c1-2-24-16(21)14-12(7-17)25-15(19)11(8-18)13(14)9-3-5-10(6-4-9)20(22)23/h3-6,13H,2,7,19H2,1H3/t13-/m0/s1. The van der Waals surface area contributed by atoms with E-state index in [0.29, 0.717) is 5.56 Å². The number of halogens is 1. The van der Waals surface area contributed by atoms with E-state index in [0.717, 1.165) is 0 Å². The lowest BCUT2D eigenvalue weighted by molar-refractivity contribution is -0.384. The molecule has 2 N–H and O–H groups in total. The number of hydrogen-bond donors (Lipinski definition) is 1. The van der Waals surface area contributed by atoms with Crippen molar-refractivity contribution < 1.29 is 19.2 Å². The molecule has 1 aromatic rings. The minimum absolute atomic E-state index is 0.00535. The quantitative estimate of drug-likeness (QED) is 0.368. The number of nitrogens with zero attached hydrogens (tertiary/aromatic N) is 2. The summed E-state index contributed by atoms with van der Waals surface area (Å²) >= 11 is 5.85. The van der Waals surface area contributed by atoms with Crippen LogP contribution in [-0.2, 0) is 14.3 Å². The molecular formula is C16H14ClN3O5. The molecule has 0 aliphatic carbocycles. The molecule has 1 aliphatic heterocycles. The summed E-state index contributed by atoms with van der Waals surface area (Å²) in [5, 5.41) is 20.3. The highest BCUT2D eigenvalue weighted by Crippen LogP contribution is 2.40. The Bertz CT molecular complexity index is 808. The average molecular weight is 364 g/mol. The van der Waals surface area contributed by atoms with Gasteiger partial charge >= 0.3 is 5.97 Å². The van der Waals surface area contributed by atoms with E-state index in [1.54, 1.807) is 6.92 Å². The van der Waals surface area contributed by atoms with Gasteiger partial charge in [0.15, 0.2) is 0 Å². The number of nitrogens with two attached hydrogens (primary N) is 1. The number of allylic oxidation sites excluding steroid dienone is 2. The highest BCUT2D eigenvalue weighted by atomic mass is 35.5. The summed E-state index contributed by atoms with van der Waals surface area (Å²) in [6.07, 6.45) is 0. The lowest BCUT2D eigenvalue weighted by Crippen LogP contribution is -2.26. The molecule has 1 heterocycles. The molecule has 9 heteroatoms. The molecule has 1 atom stereocenters. The highest BCUT2D eigenvalue weighted by molar-refractivity contribution is 6.19. The van der Waals surface area contributed by atoms with Crippen molar-refractivity contribution in [2.75, 3.05) is 12.5 Å². The number of esters is 1. The first-order chi connectivity index (χ1) is 11.9. The second-order valence-electron chi connectivity index (χ2n) is 4.96. The van der Waals surface area contributed by atoms with Gasteiger partial charge in [-0.15, -0.1) is 11.6 Å². The van der Waals surface area contributed by atoms with Crippen LogP contribution in [0.4, 0.5) is 5.69 Å². The van der Waals surface area contributed by atoms with E-state index in [9.17, 15) is 20.2 Å². The Morgan fingerprint density at radius 3 is 2.60 bits per heavy atom. The number of carbonyl (C=O) groups excluding carboxylic acids is 1. The fourth-order valence-electron chi connectivity index (χ4n) is 2.47. The van der Waals surface area contributed by atoms with Gasteiger partial charge in [-0.1, -0.05) is 12.1 Å². The highest BCUT2D eigenvalue weighted by Gasteiger charge is 2.37. The number of ether oxygens (including phenoxy) is 2. The molecule has 0 unspecified atom stereocenters. The fraction of sp³-hybridized carbons (Fsp3) is 0.250. The lowest BCUT2D eigenvalue weighted by atomic mass is 9.83. The second kappa shape index (κ2) is 7.68. The molecule has 0 saturated carbocycles. The Kier molecular flexibility index (Phi) is 5.62. The van der Waals surface area contributed by atoms with E-state index >= 15 is 0 Å². The molecule has 1 aromatic carbocycles. The smallest absolute Gasteiger partial charge is 0.338 e. The van der Waals surface area contributed by atoms with Crippen LogP contribution in [0.15, 0.2) is 47.1 Å². The molecular weight excluding hydrogens is 350 g/mol. The third-order valence-corrected chi connectivity index (χ3v) is 3.79. The van der Waals surface area contributed by atoms with Crippen molar-refractivity contribution in [2.24, 2.45) is 5.73 Å². The van der Waals surface area contributed by atoms with Gasteiger partial charge in [0.25, 0.3) is 5.69 Å². The summed E-state index contributed by atoms with van der Waals surface area (Å²) in [4.78, 5) is 22.7. The van der Waals surface area contributed by atoms with Crippen LogP contribution in [0.25, 0.3) is 0 Å². The fourth-order valence-corrected chi connectivity index (χ4v) is 2.67. The number of benzene rings is 1. The maximum atomic E-state index is 12.4. The summed E-state index contributed by atoms with van der Waals surface area (Å²) in [5.74, 6) is -1.82. The molecule has 0 bridgehead atoms. The van der Waals surface area contributed by atoms with E-state index < -0.39 is 16.8 Å². The van der Waals surface area contributed by atoms with Gasteiger partial charge in [0.1, 0.15) is 17.4 Å². The summed E-state index contributed by atoms with van der Waals surface area (Å²) in [5.41, 5.74) is 6.17. The van der Waals surface area contributed by atoms with Gasteiger partial charge in [-0.25, -0.2) is 4.79 Å². The number of non-ortho nitro benzene ring substituents is 1. The van der Waals surface area contributed by atoms with Crippen LogP contribution in [0, 0.1) is 21.4 Å². The van der Waals surface area contributed by atoms with Crippen LogP contribution in [0.2, 0.25) is 0 Å². The first-order valence-corrected chi connectivity index (χ1v) is 7.76. The van der Waals surface area contributed by atoms with Crippen molar-refractivity contribution in [3.8, 4) is 6.07 Å². The van der Waals surface area contributed by atoms with Gasteiger partial charge in [0.2, 0.25) is 5.88 Å². The Labute approximate surface area is 148 Å². The van der Waals surface area contributed by atoms with Crippen LogP contribution in [-0.4, -0.2) is 23.4 Å². The lowest BCUT2D eigenvalue weighted by Gasteiger charge is -2.27. The minimum Gasteiger partial charge on any atom is -0.463 e. The topological polar surface area (TPSA) is 128 Å². The van der Waals surface area contributed by atoms with Gasteiger partial charge in [-0.05, 0) is 12.5 Å². The molecule has 2 rings (SSSR count). The number of hydrogen-bond acceptors (Lipinski definition) is 7. The molecule has 0 radical (unpaired) electrons. The predicted molar refractivity (Wildman–Crippen MR) is 88.1 cm³/mol. The molecule has 8 nitrogen and oxygen atoms in total. The van der Waals surface area contributed by atoms with Gasteiger partial charge < -0.3 is 15.2 Å². The van der Waals surface area contributed by atoms with Crippen LogP contribution >= 0.6 is 11.6 Å². The molecule has 130 valence electrons. The Morgan fingerprint density at radius 2 is 2.12 bits per heavy atom. The largest absolute Gasteiger partial charge is 0.463 e. The first-order valence-electron chi connectivity index (χ1n) is 7.22. The number of nitriles is 1. The zero-order chi connectivity index (χ0) is 18.6. The van der Waals surface area contributed by atoms with Crippen molar-refractivity contribution in [3.05, 3.63) is 62.7 Å². The third-order valence-electron chi connectivity index (χ3n) is 3.55. The molecule has 25 heavy (non-hydrogen) atoms. The van der Waals surface area contributed by atoms with Crippen LogP contribution in [0.3, 0.4) is 0 Å². The van der Waals surface area contributed by atoms with E-state index in [1.807, 2.05) is 6.07 Å². The Hall–Kier alpha value is -3.05. The number of carbonyl (C=O) groups is 1. The molecule has 0 saturated heterocycles. The number of rotatable bonds is 5. The molecule has 0 amide bonds. The number of nitro groups is 1. The van der Waals surface area contributed by atoms with Gasteiger partial charge in [0.05, 0.1) is 28.9 Å². The van der Waals surface area contributed by atoms with Crippen molar-refractivity contribution in [1.82, 2.24) is 0 Å². The number of nitro benzene ring substituents is 1. The molecule has 0 aromatic heterocycles. The molecule has 0 spiro atoms. The maximum Gasteiger partial charge on any atom is 0.338 e. The average Bonchev–Trinajstić information content (AvgIpc) is 2.60. The van der Waals surface area contributed by atoms with Gasteiger partial charge in [-0.3, -0.25) is 10.1 Å². The summed E-state index contributed by atoms with van der Waals surface area (Å²) in [6.45, 7) is 1.75. The van der Waals surface area contributed by atoms with Crippen molar-refractivity contribution in [2.45, 2.75) is 12.8 Å². The van der Waals surface area contributed by atoms with Crippen molar-refractivity contribution in [3.63, 3.8) is 0 Å². The maximum absolute atomic E-state index is 12.4. The van der Waals surface area contributed by atoms with Crippen molar-refractivity contribution in [1.29, 1.82) is 5.26 Å². The summed E-state index contributed by atoms with van der Waals surface area (Å²) in [7, 11) is 0. The second-order valence-corrected chi connectivity index (χ2v) is 5.23.